The lowest BCUT2D eigenvalue weighted by atomic mass is 10.1. The Morgan fingerprint density at radius 1 is 0.943 bits per heavy atom. The van der Waals surface area contributed by atoms with Crippen molar-refractivity contribution in [2.24, 2.45) is 0 Å². The summed E-state index contributed by atoms with van der Waals surface area (Å²) in [4.78, 5) is 51.9. The Balaban J connectivity index is 1.53. The van der Waals surface area contributed by atoms with Crippen molar-refractivity contribution in [3.8, 4) is 0 Å². The number of esters is 2. The number of aromatic amines is 1. The summed E-state index contributed by atoms with van der Waals surface area (Å²) in [6, 6.07) is 14.1. The number of nitrogens with one attached hydrogen (secondary N) is 1. The Bertz CT molecular complexity index is 1340. The number of carbonyl (C=O) groups excluding carboxylic acids is 2. The van der Waals surface area contributed by atoms with Gasteiger partial charge in [-0.3, -0.25) is 14.3 Å². The molecule has 1 aliphatic rings. The Kier molecular flexibility index (Phi) is 7.25. The van der Waals surface area contributed by atoms with Crippen LogP contribution in [0.3, 0.4) is 0 Å². The van der Waals surface area contributed by atoms with Crippen molar-refractivity contribution < 1.29 is 19.1 Å². The number of H-pyrrole nitrogens is 1. The van der Waals surface area contributed by atoms with Crippen molar-refractivity contribution in [3.63, 3.8) is 0 Å². The number of rotatable bonds is 6. The molecular formula is C26H26N2O6S. The lowest BCUT2D eigenvalue weighted by molar-refractivity contribution is 0.0204. The van der Waals surface area contributed by atoms with Crippen molar-refractivity contribution in [3.05, 3.63) is 103 Å². The third kappa shape index (κ3) is 5.74. The Morgan fingerprint density at radius 3 is 2.11 bits per heavy atom. The summed E-state index contributed by atoms with van der Waals surface area (Å²) in [5.41, 5.74) is 2.30. The molecule has 0 unspecified atom stereocenters. The standard InChI is InChI=1S/C26H26N2O6S/c1-15-4-8-18(9-5-15)24(30)33-14-21-20(34-25(31)19-10-6-16(2)7-11-19)12-22(35-21)28-13-17(3)23(29)27-26(28)32/h4-11,13,20-22H,12,14H2,1-3H3,(H,27,29,32)/t20-,21+,22+/m0/s1. The topological polar surface area (TPSA) is 107 Å². The van der Waals surface area contributed by atoms with Gasteiger partial charge >= 0.3 is 17.6 Å². The van der Waals surface area contributed by atoms with E-state index >= 15 is 0 Å². The fraction of sp³-hybridized carbons (Fsp3) is 0.308. The third-order valence-electron chi connectivity index (χ3n) is 5.85. The van der Waals surface area contributed by atoms with Crippen LogP contribution in [0.15, 0.2) is 64.3 Å². The van der Waals surface area contributed by atoms with Crippen LogP contribution in [0.5, 0.6) is 0 Å². The fourth-order valence-corrected chi connectivity index (χ4v) is 5.25. The number of hydrogen-bond donors (Lipinski definition) is 1. The summed E-state index contributed by atoms with van der Waals surface area (Å²) in [5, 5.41) is -0.806. The minimum Gasteiger partial charge on any atom is -0.461 e. The minimum atomic E-state index is -0.608. The summed E-state index contributed by atoms with van der Waals surface area (Å²) < 4.78 is 12.8. The Hall–Kier alpha value is -3.59. The number of aryl methyl sites for hydroxylation is 3. The van der Waals surface area contributed by atoms with Gasteiger partial charge in [0.05, 0.1) is 21.8 Å². The average molecular weight is 495 g/mol. The maximum atomic E-state index is 12.8. The molecule has 1 N–H and O–H groups in total. The molecule has 0 spiro atoms. The zero-order chi connectivity index (χ0) is 25.1. The van der Waals surface area contributed by atoms with Gasteiger partial charge in [-0.2, -0.15) is 0 Å². The molecule has 9 heteroatoms. The number of ether oxygens (including phenoxy) is 2. The molecule has 3 atom stereocenters. The normalized spacial score (nSPS) is 19.3. The zero-order valence-corrected chi connectivity index (χ0v) is 20.5. The molecule has 1 saturated heterocycles. The van der Waals surface area contributed by atoms with E-state index in [9.17, 15) is 19.2 Å². The zero-order valence-electron chi connectivity index (χ0n) is 19.6. The molecule has 0 saturated carbocycles. The summed E-state index contributed by atoms with van der Waals surface area (Å²) in [7, 11) is 0. The first kappa shape index (κ1) is 24.5. The second-order valence-electron chi connectivity index (χ2n) is 8.62. The second-order valence-corrected chi connectivity index (χ2v) is 10.0. The first-order valence-electron chi connectivity index (χ1n) is 11.2. The molecule has 0 aliphatic carbocycles. The van der Waals surface area contributed by atoms with Crippen molar-refractivity contribution in [1.29, 1.82) is 0 Å². The number of benzene rings is 2. The van der Waals surface area contributed by atoms with E-state index < -0.39 is 39.9 Å². The molecule has 1 aromatic heterocycles. The van der Waals surface area contributed by atoms with Crippen molar-refractivity contribution in [1.82, 2.24) is 9.55 Å². The van der Waals surface area contributed by atoms with Gasteiger partial charge in [0.2, 0.25) is 0 Å². The molecule has 2 heterocycles. The van der Waals surface area contributed by atoms with E-state index in [1.165, 1.54) is 22.5 Å². The van der Waals surface area contributed by atoms with E-state index in [0.717, 1.165) is 11.1 Å². The van der Waals surface area contributed by atoms with E-state index in [1.807, 2.05) is 38.1 Å². The number of thioether (sulfide) groups is 1. The molecule has 8 nitrogen and oxygen atoms in total. The maximum absolute atomic E-state index is 12.8. The first-order valence-corrected chi connectivity index (χ1v) is 12.1. The predicted molar refractivity (Wildman–Crippen MR) is 133 cm³/mol. The lowest BCUT2D eigenvalue weighted by Gasteiger charge is -2.19. The SMILES string of the molecule is Cc1ccc(C(=O)OC[C@H]2S[C@@H](n3cc(C)c(=O)[nH]c3=O)C[C@@H]2OC(=O)c2ccc(C)cc2)cc1. The first-order chi connectivity index (χ1) is 16.7. The van der Waals surface area contributed by atoms with Crippen LogP contribution in [0.2, 0.25) is 0 Å². The van der Waals surface area contributed by atoms with Crippen LogP contribution in [0.4, 0.5) is 0 Å². The van der Waals surface area contributed by atoms with Crippen LogP contribution < -0.4 is 11.2 Å². The summed E-state index contributed by atoms with van der Waals surface area (Å²) in [6.45, 7) is 5.47. The summed E-state index contributed by atoms with van der Waals surface area (Å²) in [5.74, 6) is -0.967. The quantitative estimate of drug-likeness (QED) is 0.522. The Morgan fingerprint density at radius 2 is 1.51 bits per heavy atom. The van der Waals surface area contributed by atoms with E-state index in [4.69, 9.17) is 9.47 Å². The van der Waals surface area contributed by atoms with Crippen LogP contribution in [0.25, 0.3) is 0 Å². The minimum absolute atomic E-state index is 0.00317. The highest BCUT2D eigenvalue weighted by Gasteiger charge is 2.40. The monoisotopic (exact) mass is 494 g/mol. The van der Waals surface area contributed by atoms with Gasteiger partial charge in [0.15, 0.2) is 0 Å². The van der Waals surface area contributed by atoms with Crippen molar-refractivity contribution in [2.45, 2.75) is 43.9 Å². The molecule has 1 aliphatic heterocycles. The number of hydrogen-bond acceptors (Lipinski definition) is 7. The van der Waals surface area contributed by atoms with Crippen molar-refractivity contribution >= 4 is 23.7 Å². The van der Waals surface area contributed by atoms with E-state index in [2.05, 4.69) is 4.98 Å². The van der Waals surface area contributed by atoms with Gasteiger partial charge in [0, 0.05) is 18.2 Å². The van der Waals surface area contributed by atoms with Gasteiger partial charge in [-0.15, -0.1) is 11.8 Å². The summed E-state index contributed by atoms with van der Waals surface area (Å²) >= 11 is 1.37. The molecule has 3 aromatic rings. The van der Waals surface area contributed by atoms with Gasteiger partial charge in [0.25, 0.3) is 5.56 Å². The highest BCUT2D eigenvalue weighted by molar-refractivity contribution is 8.00. The van der Waals surface area contributed by atoms with Gasteiger partial charge in [-0.1, -0.05) is 35.4 Å². The van der Waals surface area contributed by atoms with Crippen molar-refractivity contribution in [2.75, 3.05) is 6.61 Å². The highest BCUT2D eigenvalue weighted by atomic mass is 32.2. The third-order valence-corrected chi connectivity index (χ3v) is 7.37. The number of carbonyl (C=O) groups is 2. The molecule has 1 fully saturated rings. The van der Waals surface area contributed by atoms with Crippen LogP contribution >= 0.6 is 11.8 Å². The predicted octanol–water partition coefficient (Wildman–Crippen LogP) is 3.55. The molecule has 0 amide bonds. The number of aromatic nitrogens is 2. The fourth-order valence-electron chi connectivity index (χ4n) is 3.77. The van der Waals surface area contributed by atoms with E-state index in [1.54, 1.807) is 31.2 Å². The lowest BCUT2D eigenvalue weighted by Crippen LogP contribution is -2.32. The average Bonchev–Trinajstić information content (AvgIpc) is 3.22. The number of nitrogens with zero attached hydrogens (tertiary/aromatic N) is 1. The van der Waals surface area contributed by atoms with Gasteiger partial charge in [0.1, 0.15) is 12.7 Å². The largest absolute Gasteiger partial charge is 0.461 e. The molecular weight excluding hydrogens is 468 g/mol. The highest BCUT2D eigenvalue weighted by Crippen LogP contribution is 2.43. The molecule has 4 rings (SSSR count). The summed E-state index contributed by atoms with van der Waals surface area (Å²) in [6.07, 6.45) is 1.21. The Labute approximate surface area is 206 Å². The van der Waals surface area contributed by atoms with E-state index in [0.29, 0.717) is 23.1 Å². The molecule has 35 heavy (non-hydrogen) atoms. The molecule has 182 valence electrons. The maximum Gasteiger partial charge on any atom is 0.338 e. The van der Waals surface area contributed by atoms with Crippen LogP contribution in [-0.4, -0.2) is 39.5 Å². The molecule has 0 bridgehead atoms. The van der Waals surface area contributed by atoms with E-state index in [-0.39, 0.29) is 6.61 Å². The van der Waals surface area contributed by atoms with Crippen LogP contribution in [0.1, 0.15) is 49.2 Å². The van der Waals surface area contributed by atoms with Crippen LogP contribution in [0, 0.1) is 20.8 Å². The van der Waals surface area contributed by atoms with Gasteiger partial charge in [-0.25, -0.2) is 14.4 Å². The van der Waals surface area contributed by atoms with Crippen LogP contribution in [-0.2, 0) is 9.47 Å². The second kappa shape index (κ2) is 10.4. The smallest absolute Gasteiger partial charge is 0.338 e. The molecule has 2 aromatic carbocycles. The van der Waals surface area contributed by atoms with Gasteiger partial charge < -0.3 is 9.47 Å². The molecule has 0 radical (unpaired) electrons. The van der Waals surface area contributed by atoms with Gasteiger partial charge in [-0.05, 0) is 45.0 Å².